The van der Waals surface area contributed by atoms with E-state index in [1.807, 2.05) is 30.1 Å². The molecule has 1 heterocycles. The van der Waals surface area contributed by atoms with Gasteiger partial charge in [-0.05, 0) is 24.6 Å². The summed E-state index contributed by atoms with van der Waals surface area (Å²) in [4.78, 5) is 10.5. The third-order valence-corrected chi connectivity index (χ3v) is 2.69. The molecule has 1 aromatic carbocycles. The second kappa shape index (κ2) is 4.93. The average molecular weight is 228 g/mol. The first kappa shape index (κ1) is 11.5. The molecular weight excluding hydrogens is 212 g/mol. The van der Waals surface area contributed by atoms with Crippen LogP contribution in [0.5, 0.6) is 0 Å². The summed E-state index contributed by atoms with van der Waals surface area (Å²) in [6.07, 6.45) is 1.74. The second-order valence-corrected chi connectivity index (χ2v) is 3.88. The fourth-order valence-electron chi connectivity index (χ4n) is 1.74. The highest BCUT2D eigenvalue weighted by Crippen LogP contribution is 2.24. The number of anilines is 2. The number of benzene rings is 1. The molecule has 2 rings (SSSR count). The van der Waals surface area contributed by atoms with Gasteiger partial charge in [0.25, 0.3) is 0 Å². The first-order valence-corrected chi connectivity index (χ1v) is 5.53. The van der Waals surface area contributed by atoms with E-state index in [1.165, 1.54) is 5.56 Å². The summed E-state index contributed by atoms with van der Waals surface area (Å²) in [5.74, 6) is 1.51. The normalized spacial score (nSPS) is 10.3. The Hall–Kier alpha value is -1.94. The molecule has 1 aromatic heterocycles. The molecule has 0 atom stereocenters. The molecule has 0 aliphatic heterocycles. The lowest BCUT2D eigenvalue weighted by molar-refractivity contribution is 0.898. The van der Waals surface area contributed by atoms with E-state index in [-0.39, 0.29) is 0 Å². The SMILES string of the molecule is Cc1ccccc1N(C)c1ccnc(CN)n1. The van der Waals surface area contributed by atoms with E-state index < -0.39 is 0 Å². The smallest absolute Gasteiger partial charge is 0.144 e. The summed E-state index contributed by atoms with van der Waals surface area (Å²) >= 11 is 0. The molecule has 0 aliphatic rings. The Balaban J connectivity index is 2.37. The number of para-hydroxylation sites is 1. The van der Waals surface area contributed by atoms with E-state index in [4.69, 9.17) is 5.73 Å². The van der Waals surface area contributed by atoms with Crippen molar-refractivity contribution in [3.63, 3.8) is 0 Å². The molecule has 0 saturated carbocycles. The molecule has 88 valence electrons. The fraction of sp³-hybridized carbons (Fsp3) is 0.231. The van der Waals surface area contributed by atoms with Gasteiger partial charge >= 0.3 is 0 Å². The molecule has 0 fully saturated rings. The van der Waals surface area contributed by atoms with Gasteiger partial charge in [-0.3, -0.25) is 0 Å². The summed E-state index contributed by atoms with van der Waals surface area (Å²) in [5.41, 5.74) is 7.89. The van der Waals surface area contributed by atoms with Crippen molar-refractivity contribution < 1.29 is 0 Å². The van der Waals surface area contributed by atoms with Crippen LogP contribution in [0.25, 0.3) is 0 Å². The highest BCUT2D eigenvalue weighted by atomic mass is 15.2. The van der Waals surface area contributed by atoms with Crippen LogP contribution in [0.2, 0.25) is 0 Å². The van der Waals surface area contributed by atoms with E-state index in [0.717, 1.165) is 11.5 Å². The van der Waals surface area contributed by atoms with Gasteiger partial charge in [0.1, 0.15) is 11.6 Å². The Labute approximate surface area is 101 Å². The first-order valence-electron chi connectivity index (χ1n) is 5.53. The van der Waals surface area contributed by atoms with Crippen LogP contribution in [0.4, 0.5) is 11.5 Å². The van der Waals surface area contributed by atoms with Crippen molar-refractivity contribution in [1.82, 2.24) is 9.97 Å². The van der Waals surface area contributed by atoms with Gasteiger partial charge in [-0.1, -0.05) is 18.2 Å². The summed E-state index contributed by atoms with van der Waals surface area (Å²) in [5, 5.41) is 0. The van der Waals surface area contributed by atoms with Crippen LogP contribution in [0.15, 0.2) is 36.5 Å². The first-order chi connectivity index (χ1) is 8.22. The molecule has 4 nitrogen and oxygen atoms in total. The number of aromatic nitrogens is 2. The molecule has 0 aliphatic carbocycles. The predicted octanol–water partition coefficient (Wildman–Crippen LogP) is 2.01. The number of aryl methyl sites for hydroxylation is 1. The minimum absolute atomic E-state index is 0.357. The Kier molecular flexibility index (Phi) is 3.35. The molecule has 0 unspecified atom stereocenters. The van der Waals surface area contributed by atoms with Gasteiger partial charge in [0.15, 0.2) is 0 Å². The standard InChI is InChI=1S/C13H16N4/c1-10-5-3-4-6-11(10)17(2)13-7-8-15-12(9-14)16-13/h3-8H,9,14H2,1-2H3. The molecule has 2 aromatic rings. The largest absolute Gasteiger partial charge is 0.329 e. The Bertz CT molecular complexity index is 510. The van der Waals surface area contributed by atoms with Crippen LogP contribution in [0.1, 0.15) is 11.4 Å². The van der Waals surface area contributed by atoms with Gasteiger partial charge in [0.2, 0.25) is 0 Å². The molecule has 0 radical (unpaired) electrons. The fourth-order valence-corrected chi connectivity index (χ4v) is 1.74. The van der Waals surface area contributed by atoms with E-state index in [2.05, 4.69) is 29.0 Å². The number of hydrogen-bond acceptors (Lipinski definition) is 4. The zero-order chi connectivity index (χ0) is 12.3. The molecule has 4 heteroatoms. The van der Waals surface area contributed by atoms with Crippen molar-refractivity contribution in [1.29, 1.82) is 0 Å². The molecule has 2 N–H and O–H groups in total. The molecule has 0 saturated heterocycles. The van der Waals surface area contributed by atoms with Crippen molar-refractivity contribution in [2.24, 2.45) is 5.73 Å². The van der Waals surface area contributed by atoms with Crippen LogP contribution >= 0.6 is 0 Å². The van der Waals surface area contributed by atoms with Crippen molar-refractivity contribution in [2.75, 3.05) is 11.9 Å². The molecule has 0 spiro atoms. The third-order valence-electron chi connectivity index (χ3n) is 2.69. The average Bonchev–Trinajstić information content (AvgIpc) is 2.38. The summed E-state index contributed by atoms with van der Waals surface area (Å²) < 4.78 is 0. The van der Waals surface area contributed by atoms with E-state index >= 15 is 0 Å². The van der Waals surface area contributed by atoms with Crippen molar-refractivity contribution >= 4 is 11.5 Å². The van der Waals surface area contributed by atoms with E-state index in [0.29, 0.717) is 12.4 Å². The number of hydrogen-bond donors (Lipinski definition) is 1. The number of nitrogens with zero attached hydrogens (tertiary/aromatic N) is 3. The predicted molar refractivity (Wildman–Crippen MR) is 69.2 cm³/mol. The Morgan fingerprint density at radius 3 is 2.71 bits per heavy atom. The van der Waals surface area contributed by atoms with Crippen molar-refractivity contribution in [2.45, 2.75) is 13.5 Å². The van der Waals surface area contributed by atoms with Crippen LogP contribution in [-0.2, 0) is 6.54 Å². The van der Waals surface area contributed by atoms with Crippen LogP contribution < -0.4 is 10.6 Å². The Morgan fingerprint density at radius 2 is 2.00 bits per heavy atom. The lowest BCUT2D eigenvalue weighted by Gasteiger charge is -2.20. The lowest BCUT2D eigenvalue weighted by Crippen LogP contribution is -2.14. The molecular formula is C13H16N4. The summed E-state index contributed by atoms with van der Waals surface area (Å²) in [7, 11) is 1.99. The van der Waals surface area contributed by atoms with Crippen LogP contribution in [0.3, 0.4) is 0 Å². The Morgan fingerprint density at radius 1 is 1.24 bits per heavy atom. The maximum absolute atomic E-state index is 5.54. The summed E-state index contributed by atoms with van der Waals surface area (Å²) in [6, 6.07) is 10.1. The number of rotatable bonds is 3. The minimum Gasteiger partial charge on any atom is -0.329 e. The quantitative estimate of drug-likeness (QED) is 0.873. The van der Waals surface area contributed by atoms with E-state index in [9.17, 15) is 0 Å². The lowest BCUT2D eigenvalue weighted by atomic mass is 10.2. The molecule has 17 heavy (non-hydrogen) atoms. The van der Waals surface area contributed by atoms with Crippen LogP contribution in [-0.4, -0.2) is 17.0 Å². The second-order valence-electron chi connectivity index (χ2n) is 3.88. The molecule has 0 amide bonds. The van der Waals surface area contributed by atoms with Gasteiger partial charge in [-0.2, -0.15) is 0 Å². The number of nitrogens with two attached hydrogens (primary N) is 1. The third kappa shape index (κ3) is 2.42. The monoisotopic (exact) mass is 228 g/mol. The van der Waals surface area contributed by atoms with Gasteiger partial charge in [0, 0.05) is 18.9 Å². The maximum atomic E-state index is 5.54. The minimum atomic E-state index is 0.357. The van der Waals surface area contributed by atoms with Gasteiger partial charge in [-0.25, -0.2) is 9.97 Å². The maximum Gasteiger partial charge on any atom is 0.144 e. The van der Waals surface area contributed by atoms with Crippen molar-refractivity contribution in [3.8, 4) is 0 Å². The zero-order valence-electron chi connectivity index (χ0n) is 10.1. The van der Waals surface area contributed by atoms with Gasteiger partial charge in [-0.15, -0.1) is 0 Å². The molecule has 0 bridgehead atoms. The van der Waals surface area contributed by atoms with Gasteiger partial charge in [0.05, 0.1) is 6.54 Å². The highest BCUT2D eigenvalue weighted by Gasteiger charge is 2.08. The summed E-state index contributed by atoms with van der Waals surface area (Å²) in [6.45, 7) is 2.44. The topological polar surface area (TPSA) is 55.0 Å². The van der Waals surface area contributed by atoms with Gasteiger partial charge < -0.3 is 10.6 Å². The van der Waals surface area contributed by atoms with E-state index in [1.54, 1.807) is 6.20 Å². The highest BCUT2D eigenvalue weighted by molar-refractivity contribution is 5.62. The van der Waals surface area contributed by atoms with Crippen LogP contribution in [0, 0.1) is 6.92 Å². The van der Waals surface area contributed by atoms with Crippen molar-refractivity contribution in [3.05, 3.63) is 47.9 Å². The zero-order valence-corrected chi connectivity index (χ0v) is 10.1.